The first-order chi connectivity index (χ1) is 4.74. The van der Waals surface area contributed by atoms with Crippen LogP contribution in [0.3, 0.4) is 0 Å². The van der Waals surface area contributed by atoms with Crippen LogP contribution in [0.2, 0.25) is 0 Å². The summed E-state index contributed by atoms with van der Waals surface area (Å²) >= 11 is 0. The lowest BCUT2D eigenvalue weighted by Gasteiger charge is -2.07. The summed E-state index contributed by atoms with van der Waals surface area (Å²) in [7, 11) is 0. The quantitative estimate of drug-likeness (QED) is 0.297. The summed E-state index contributed by atoms with van der Waals surface area (Å²) in [6.07, 6.45) is 1.60. The van der Waals surface area contributed by atoms with Crippen molar-refractivity contribution in [1.82, 2.24) is 5.43 Å². The van der Waals surface area contributed by atoms with Gasteiger partial charge in [-0.15, -0.1) is 0 Å². The molecular weight excluding hydrogens is 132 g/mol. The molecule has 3 N–H and O–H groups in total. The van der Waals surface area contributed by atoms with Crippen molar-refractivity contribution < 1.29 is 9.53 Å². The van der Waals surface area contributed by atoms with E-state index in [2.05, 4.69) is 5.43 Å². The Bertz CT molecular complexity index is 138. The van der Waals surface area contributed by atoms with Gasteiger partial charge in [0.25, 0.3) is 5.91 Å². The third kappa shape index (κ3) is 1.46. The van der Waals surface area contributed by atoms with Gasteiger partial charge >= 0.3 is 0 Å². The molecule has 1 rings (SSSR count). The molecule has 4 nitrogen and oxygen atoms in total. The second-order valence-corrected chi connectivity index (χ2v) is 2.52. The maximum Gasteiger partial charge on any atom is 0.263 e. The Morgan fingerprint density at radius 2 is 2.40 bits per heavy atom. The van der Waals surface area contributed by atoms with Crippen LogP contribution in [0.15, 0.2) is 0 Å². The molecule has 0 radical (unpaired) electrons. The van der Waals surface area contributed by atoms with Gasteiger partial charge in [-0.25, -0.2) is 5.84 Å². The number of carbonyl (C=O) groups is 1. The lowest BCUT2D eigenvalue weighted by Crippen LogP contribution is -2.38. The molecule has 1 aliphatic rings. The summed E-state index contributed by atoms with van der Waals surface area (Å²) in [5.41, 5.74) is 2.06. The van der Waals surface area contributed by atoms with E-state index in [-0.39, 0.29) is 18.1 Å². The molecule has 0 aromatic rings. The number of hydrogen-bond acceptors (Lipinski definition) is 3. The van der Waals surface area contributed by atoms with Crippen molar-refractivity contribution in [3.63, 3.8) is 0 Å². The third-order valence-corrected chi connectivity index (χ3v) is 1.67. The molecule has 0 unspecified atom stereocenters. The fourth-order valence-electron chi connectivity index (χ4n) is 1.09. The Morgan fingerprint density at radius 1 is 1.70 bits per heavy atom. The predicted molar refractivity (Wildman–Crippen MR) is 35.9 cm³/mol. The number of carbonyl (C=O) groups excluding carboxylic acids is 1. The van der Waals surface area contributed by atoms with Gasteiger partial charge in [-0.1, -0.05) is 0 Å². The maximum absolute atomic E-state index is 10.8. The zero-order chi connectivity index (χ0) is 7.56. The van der Waals surface area contributed by atoms with Crippen molar-refractivity contribution in [3.8, 4) is 0 Å². The van der Waals surface area contributed by atoms with E-state index < -0.39 is 0 Å². The summed E-state index contributed by atoms with van der Waals surface area (Å²) < 4.78 is 5.22. The van der Waals surface area contributed by atoms with E-state index in [1.54, 1.807) is 0 Å². The van der Waals surface area contributed by atoms with Gasteiger partial charge in [0.05, 0.1) is 6.10 Å². The molecule has 1 amide bonds. The van der Waals surface area contributed by atoms with Gasteiger partial charge in [-0.05, 0) is 19.8 Å². The van der Waals surface area contributed by atoms with E-state index in [1.807, 2.05) is 6.92 Å². The summed E-state index contributed by atoms with van der Waals surface area (Å²) in [4.78, 5) is 10.8. The van der Waals surface area contributed by atoms with Crippen LogP contribution in [-0.2, 0) is 9.53 Å². The molecule has 1 fully saturated rings. The molecule has 10 heavy (non-hydrogen) atoms. The molecule has 58 valence electrons. The van der Waals surface area contributed by atoms with Gasteiger partial charge < -0.3 is 4.74 Å². The van der Waals surface area contributed by atoms with Gasteiger partial charge in [-0.2, -0.15) is 0 Å². The van der Waals surface area contributed by atoms with E-state index in [4.69, 9.17) is 10.6 Å². The summed E-state index contributed by atoms with van der Waals surface area (Å²) in [6.45, 7) is 1.95. The molecule has 0 bridgehead atoms. The van der Waals surface area contributed by atoms with Crippen LogP contribution in [0.1, 0.15) is 19.8 Å². The van der Waals surface area contributed by atoms with Gasteiger partial charge in [-0.3, -0.25) is 10.2 Å². The van der Waals surface area contributed by atoms with Gasteiger partial charge in [0.1, 0.15) is 6.10 Å². The Kier molecular flexibility index (Phi) is 2.24. The molecule has 0 aliphatic carbocycles. The van der Waals surface area contributed by atoms with Crippen LogP contribution >= 0.6 is 0 Å². The summed E-state index contributed by atoms with van der Waals surface area (Å²) in [5.74, 6) is 4.70. The first-order valence-electron chi connectivity index (χ1n) is 3.40. The SMILES string of the molecule is C[C@H]1CC[C@@H](C(=O)NN)O1. The fourth-order valence-corrected chi connectivity index (χ4v) is 1.09. The minimum absolute atomic E-state index is 0.197. The molecule has 0 saturated carbocycles. The van der Waals surface area contributed by atoms with Gasteiger partial charge in [0, 0.05) is 0 Å². The normalized spacial score (nSPS) is 32.2. The molecule has 1 heterocycles. The highest BCUT2D eigenvalue weighted by Gasteiger charge is 2.27. The lowest BCUT2D eigenvalue weighted by atomic mass is 10.2. The van der Waals surface area contributed by atoms with Gasteiger partial charge in [0.2, 0.25) is 0 Å². The van der Waals surface area contributed by atoms with Crippen LogP contribution in [0.25, 0.3) is 0 Å². The molecule has 0 aromatic carbocycles. The molecule has 1 saturated heterocycles. The van der Waals surface area contributed by atoms with Crippen LogP contribution in [0.5, 0.6) is 0 Å². The standard InChI is InChI=1S/C6H12N2O2/c1-4-2-3-5(10-4)6(9)8-7/h4-5H,2-3,7H2,1H3,(H,8,9)/t4-,5-/m0/s1. The number of rotatable bonds is 1. The zero-order valence-electron chi connectivity index (χ0n) is 5.96. The molecular formula is C6H12N2O2. The highest BCUT2D eigenvalue weighted by Crippen LogP contribution is 2.18. The highest BCUT2D eigenvalue weighted by atomic mass is 16.5. The molecule has 0 spiro atoms. The molecule has 2 atom stereocenters. The van der Waals surface area contributed by atoms with Crippen molar-refractivity contribution in [2.45, 2.75) is 32.0 Å². The minimum Gasteiger partial charge on any atom is -0.365 e. The topological polar surface area (TPSA) is 64.4 Å². The van der Waals surface area contributed by atoms with E-state index in [0.717, 1.165) is 12.8 Å². The van der Waals surface area contributed by atoms with Crippen molar-refractivity contribution in [1.29, 1.82) is 0 Å². The predicted octanol–water partition coefficient (Wildman–Crippen LogP) is -0.456. The van der Waals surface area contributed by atoms with E-state index in [1.165, 1.54) is 0 Å². The maximum atomic E-state index is 10.8. The Balaban J connectivity index is 2.37. The first-order valence-corrected chi connectivity index (χ1v) is 3.40. The number of nitrogens with two attached hydrogens (primary N) is 1. The largest absolute Gasteiger partial charge is 0.365 e. The van der Waals surface area contributed by atoms with E-state index in [9.17, 15) is 4.79 Å². The Labute approximate surface area is 59.7 Å². The number of hydrogen-bond donors (Lipinski definition) is 2. The average molecular weight is 144 g/mol. The minimum atomic E-state index is -0.319. The van der Waals surface area contributed by atoms with Crippen LogP contribution in [0.4, 0.5) is 0 Å². The van der Waals surface area contributed by atoms with Crippen LogP contribution in [0, 0.1) is 0 Å². The van der Waals surface area contributed by atoms with Crippen molar-refractivity contribution >= 4 is 5.91 Å². The van der Waals surface area contributed by atoms with Crippen molar-refractivity contribution in [2.75, 3.05) is 0 Å². The third-order valence-electron chi connectivity index (χ3n) is 1.67. The van der Waals surface area contributed by atoms with Crippen molar-refractivity contribution in [2.24, 2.45) is 5.84 Å². The van der Waals surface area contributed by atoms with Crippen LogP contribution in [-0.4, -0.2) is 18.1 Å². The number of ether oxygens (including phenoxy) is 1. The Morgan fingerprint density at radius 3 is 2.80 bits per heavy atom. The highest BCUT2D eigenvalue weighted by molar-refractivity contribution is 5.80. The number of nitrogens with one attached hydrogen (secondary N) is 1. The molecule has 4 heteroatoms. The number of amides is 1. The monoisotopic (exact) mass is 144 g/mol. The van der Waals surface area contributed by atoms with Crippen molar-refractivity contribution in [3.05, 3.63) is 0 Å². The first kappa shape index (κ1) is 7.50. The lowest BCUT2D eigenvalue weighted by molar-refractivity contribution is -0.131. The second-order valence-electron chi connectivity index (χ2n) is 2.52. The van der Waals surface area contributed by atoms with Crippen LogP contribution < -0.4 is 11.3 Å². The number of hydrazine groups is 1. The molecule has 0 aromatic heterocycles. The van der Waals surface area contributed by atoms with E-state index >= 15 is 0 Å². The fraction of sp³-hybridized carbons (Fsp3) is 0.833. The summed E-state index contributed by atoms with van der Waals surface area (Å²) in [6, 6.07) is 0. The molecule has 1 aliphatic heterocycles. The average Bonchev–Trinajstić information content (AvgIpc) is 2.34. The van der Waals surface area contributed by atoms with E-state index in [0.29, 0.717) is 0 Å². The zero-order valence-corrected chi connectivity index (χ0v) is 5.96. The summed E-state index contributed by atoms with van der Waals surface area (Å²) in [5, 5.41) is 0. The van der Waals surface area contributed by atoms with Gasteiger partial charge in [0.15, 0.2) is 0 Å². The second kappa shape index (κ2) is 2.98. The smallest absolute Gasteiger partial charge is 0.263 e. The Hall–Kier alpha value is -0.610.